The number of halogens is 1. The summed E-state index contributed by atoms with van der Waals surface area (Å²) in [4.78, 5) is 15.3. The molecule has 0 radical (unpaired) electrons. The molecule has 8 heteroatoms. The zero-order chi connectivity index (χ0) is 25.5. The number of hydrogen-bond acceptors (Lipinski definition) is 4. The lowest BCUT2D eigenvalue weighted by Crippen LogP contribution is -2.30. The maximum absolute atomic E-state index is 13.2. The Bertz CT molecular complexity index is 1270. The minimum absolute atomic E-state index is 0.0679. The van der Waals surface area contributed by atoms with E-state index in [1.807, 2.05) is 18.2 Å². The number of carbonyl (C=O) groups excluding carboxylic acids is 1. The first kappa shape index (κ1) is 25.9. The highest BCUT2D eigenvalue weighted by atomic mass is 32.2. The molecule has 0 bridgehead atoms. The number of hydrogen-bond donors (Lipinski definition) is 1. The van der Waals surface area contributed by atoms with Crippen LogP contribution in [0.3, 0.4) is 0 Å². The van der Waals surface area contributed by atoms with Gasteiger partial charge in [-0.25, -0.2) is 12.8 Å². The van der Waals surface area contributed by atoms with Crippen LogP contribution in [0.5, 0.6) is 0 Å². The van der Waals surface area contributed by atoms with Crippen molar-refractivity contribution in [2.75, 3.05) is 23.7 Å². The number of anilines is 1. The molecular formula is C28H32FN3O3S. The zero-order valence-electron chi connectivity index (χ0n) is 20.5. The lowest BCUT2D eigenvalue weighted by Gasteiger charge is -2.27. The van der Waals surface area contributed by atoms with Crippen molar-refractivity contribution in [2.24, 2.45) is 0 Å². The van der Waals surface area contributed by atoms with Crippen LogP contribution in [0, 0.1) is 5.82 Å². The van der Waals surface area contributed by atoms with Crippen molar-refractivity contribution in [3.05, 3.63) is 101 Å². The van der Waals surface area contributed by atoms with Gasteiger partial charge in [-0.2, -0.15) is 0 Å². The Kier molecular flexibility index (Phi) is 8.38. The highest BCUT2D eigenvalue weighted by molar-refractivity contribution is 7.92. The van der Waals surface area contributed by atoms with Gasteiger partial charge in [-0.05, 0) is 79.0 Å². The third kappa shape index (κ3) is 6.92. The molecule has 0 saturated carbocycles. The Balaban J connectivity index is 1.41. The van der Waals surface area contributed by atoms with E-state index >= 15 is 0 Å². The Morgan fingerprint density at radius 1 is 0.917 bits per heavy atom. The van der Waals surface area contributed by atoms with Crippen molar-refractivity contribution in [2.45, 2.75) is 38.9 Å². The maximum atomic E-state index is 13.2. The lowest BCUT2D eigenvalue weighted by atomic mass is 10.0. The van der Waals surface area contributed by atoms with Crippen molar-refractivity contribution < 1.29 is 17.6 Å². The number of carbonyl (C=O) groups is 1. The monoisotopic (exact) mass is 509 g/mol. The molecule has 3 aromatic rings. The molecular weight excluding hydrogens is 477 g/mol. The summed E-state index contributed by atoms with van der Waals surface area (Å²) in [5, 5.41) is 2.99. The number of rotatable bonds is 9. The average molecular weight is 510 g/mol. The molecule has 1 N–H and O–H groups in total. The van der Waals surface area contributed by atoms with Crippen molar-refractivity contribution in [3.63, 3.8) is 0 Å². The van der Waals surface area contributed by atoms with E-state index in [1.54, 1.807) is 36.4 Å². The van der Waals surface area contributed by atoms with Gasteiger partial charge in [-0.1, -0.05) is 42.8 Å². The van der Waals surface area contributed by atoms with E-state index in [1.165, 1.54) is 41.3 Å². The zero-order valence-corrected chi connectivity index (χ0v) is 21.3. The van der Waals surface area contributed by atoms with E-state index in [-0.39, 0.29) is 18.3 Å². The van der Waals surface area contributed by atoms with Gasteiger partial charge in [0.25, 0.3) is 5.91 Å². The standard InChI is InChI=1S/C28H32FN3O3S/c1-36(34,35)32(20-22-9-13-26(29)14-10-22)27-15-11-23(12-16-27)28(33)30-19-24-7-3-4-8-25(24)21-31-17-5-2-6-18-31/h3-4,7-16H,2,5-6,17-21H2,1H3,(H,30,33). The molecule has 36 heavy (non-hydrogen) atoms. The Morgan fingerprint density at radius 3 is 2.19 bits per heavy atom. The highest BCUT2D eigenvalue weighted by Gasteiger charge is 2.19. The molecule has 1 saturated heterocycles. The largest absolute Gasteiger partial charge is 0.348 e. The number of amides is 1. The molecule has 1 heterocycles. The minimum Gasteiger partial charge on any atom is -0.348 e. The Hall–Kier alpha value is -3.23. The van der Waals surface area contributed by atoms with Crippen molar-refractivity contribution in [1.82, 2.24) is 10.2 Å². The second-order valence-electron chi connectivity index (χ2n) is 9.23. The number of nitrogens with zero attached hydrogens (tertiary/aromatic N) is 2. The van der Waals surface area contributed by atoms with Gasteiger partial charge in [0.05, 0.1) is 18.5 Å². The van der Waals surface area contributed by atoms with Gasteiger partial charge in [-0.3, -0.25) is 14.0 Å². The maximum Gasteiger partial charge on any atom is 0.251 e. The number of sulfonamides is 1. The normalized spacial score (nSPS) is 14.4. The molecule has 0 aromatic heterocycles. The predicted octanol–water partition coefficient (Wildman–Crippen LogP) is 4.71. The molecule has 1 fully saturated rings. The summed E-state index contributed by atoms with van der Waals surface area (Å²) in [5.41, 5.74) is 3.86. The summed E-state index contributed by atoms with van der Waals surface area (Å²) in [6.07, 6.45) is 4.88. The second-order valence-corrected chi connectivity index (χ2v) is 11.1. The molecule has 1 amide bonds. The fourth-order valence-corrected chi connectivity index (χ4v) is 5.34. The van der Waals surface area contributed by atoms with Gasteiger partial charge in [0, 0.05) is 18.7 Å². The van der Waals surface area contributed by atoms with Crippen LogP contribution in [0.1, 0.15) is 46.3 Å². The molecule has 0 atom stereocenters. The van der Waals surface area contributed by atoms with E-state index in [0.717, 1.165) is 31.5 Å². The van der Waals surface area contributed by atoms with Crippen molar-refractivity contribution in [3.8, 4) is 0 Å². The van der Waals surface area contributed by atoms with Crippen LogP contribution in [0.2, 0.25) is 0 Å². The highest BCUT2D eigenvalue weighted by Crippen LogP contribution is 2.22. The summed E-state index contributed by atoms with van der Waals surface area (Å²) >= 11 is 0. The molecule has 1 aliphatic heterocycles. The minimum atomic E-state index is -3.59. The number of nitrogens with one attached hydrogen (secondary N) is 1. The quantitative estimate of drug-likeness (QED) is 0.454. The summed E-state index contributed by atoms with van der Waals surface area (Å²) in [5.74, 6) is -0.604. The van der Waals surface area contributed by atoms with Crippen LogP contribution in [0.15, 0.2) is 72.8 Å². The molecule has 0 spiro atoms. The van der Waals surface area contributed by atoms with Gasteiger partial charge in [0.2, 0.25) is 10.0 Å². The molecule has 0 aliphatic carbocycles. The summed E-state index contributed by atoms with van der Waals surface area (Å²) in [6.45, 7) is 3.59. The van der Waals surface area contributed by atoms with E-state index < -0.39 is 10.0 Å². The average Bonchev–Trinajstić information content (AvgIpc) is 2.88. The molecule has 6 nitrogen and oxygen atoms in total. The van der Waals surface area contributed by atoms with Crippen LogP contribution in [-0.4, -0.2) is 38.6 Å². The predicted molar refractivity (Wildman–Crippen MR) is 141 cm³/mol. The molecule has 1 aliphatic rings. The van der Waals surface area contributed by atoms with Crippen LogP contribution >= 0.6 is 0 Å². The van der Waals surface area contributed by atoms with Crippen molar-refractivity contribution in [1.29, 1.82) is 0 Å². The van der Waals surface area contributed by atoms with Crippen LogP contribution in [0.4, 0.5) is 10.1 Å². The van der Waals surface area contributed by atoms with E-state index in [9.17, 15) is 17.6 Å². The van der Waals surface area contributed by atoms with Crippen LogP contribution in [-0.2, 0) is 29.7 Å². The van der Waals surface area contributed by atoms with Gasteiger partial charge in [0.1, 0.15) is 5.82 Å². The van der Waals surface area contributed by atoms with E-state index in [4.69, 9.17) is 0 Å². The first-order valence-corrected chi connectivity index (χ1v) is 14.0. The van der Waals surface area contributed by atoms with Crippen LogP contribution in [0.25, 0.3) is 0 Å². The lowest BCUT2D eigenvalue weighted by molar-refractivity contribution is 0.0950. The van der Waals surface area contributed by atoms with Crippen LogP contribution < -0.4 is 9.62 Å². The van der Waals surface area contributed by atoms with Gasteiger partial charge >= 0.3 is 0 Å². The first-order valence-electron chi connectivity index (χ1n) is 12.2. The Morgan fingerprint density at radius 2 is 1.56 bits per heavy atom. The number of likely N-dealkylation sites (tertiary alicyclic amines) is 1. The third-order valence-electron chi connectivity index (χ3n) is 6.46. The Labute approximate surface area is 212 Å². The fraction of sp³-hybridized carbons (Fsp3) is 0.321. The summed E-state index contributed by atoms with van der Waals surface area (Å²) in [7, 11) is -3.59. The van der Waals surface area contributed by atoms with E-state index in [2.05, 4.69) is 16.3 Å². The third-order valence-corrected chi connectivity index (χ3v) is 7.60. The number of benzene rings is 3. The molecule has 4 rings (SSSR count). The topological polar surface area (TPSA) is 69.7 Å². The van der Waals surface area contributed by atoms with Gasteiger partial charge < -0.3 is 5.32 Å². The summed E-state index contributed by atoms with van der Waals surface area (Å²) < 4.78 is 39.3. The van der Waals surface area contributed by atoms with E-state index in [0.29, 0.717) is 23.4 Å². The molecule has 3 aromatic carbocycles. The number of piperidine rings is 1. The van der Waals surface area contributed by atoms with Crippen molar-refractivity contribution >= 4 is 21.6 Å². The molecule has 190 valence electrons. The second kappa shape index (κ2) is 11.7. The summed E-state index contributed by atoms with van der Waals surface area (Å²) in [6, 6.07) is 20.3. The van der Waals surface area contributed by atoms with Gasteiger partial charge in [0.15, 0.2) is 0 Å². The van der Waals surface area contributed by atoms with Gasteiger partial charge in [-0.15, -0.1) is 0 Å². The smallest absolute Gasteiger partial charge is 0.251 e. The first-order chi connectivity index (χ1) is 17.3. The SMILES string of the molecule is CS(=O)(=O)N(Cc1ccc(F)cc1)c1ccc(C(=O)NCc2ccccc2CN2CCCCC2)cc1. The fourth-order valence-electron chi connectivity index (χ4n) is 4.45. The molecule has 0 unspecified atom stereocenters.